The molecule has 3 heterocycles. The molecule has 4 rings (SSSR count). The first kappa shape index (κ1) is 25.5. The Morgan fingerprint density at radius 2 is 1.94 bits per heavy atom. The average molecular weight is 492 g/mol. The number of carbonyl (C=O) groups excluding carboxylic acids is 1. The number of ketones is 1. The maximum atomic E-state index is 13.3. The van der Waals surface area contributed by atoms with Crippen molar-refractivity contribution in [1.29, 1.82) is 0 Å². The van der Waals surface area contributed by atoms with E-state index in [9.17, 15) is 9.90 Å². The van der Waals surface area contributed by atoms with E-state index in [2.05, 4.69) is 30.1 Å². The number of nitrogens with two attached hydrogens (primary N) is 1. The van der Waals surface area contributed by atoms with Crippen LogP contribution in [0.3, 0.4) is 0 Å². The number of rotatable bonds is 11. The fourth-order valence-electron chi connectivity index (χ4n) is 4.25. The summed E-state index contributed by atoms with van der Waals surface area (Å²) < 4.78 is 5.46. The summed E-state index contributed by atoms with van der Waals surface area (Å²) in [6.45, 7) is 5.04. The fourth-order valence-corrected chi connectivity index (χ4v) is 4.25. The normalized spacial score (nSPS) is 13.6. The first-order chi connectivity index (χ1) is 17.6. The number of nitrogens with zero attached hydrogens (tertiary/aromatic N) is 5. The van der Waals surface area contributed by atoms with Gasteiger partial charge in [0.2, 0.25) is 0 Å². The second-order valence-electron chi connectivity index (χ2n) is 8.55. The fraction of sp³-hybridized carbons (Fsp3) is 0.385. The number of pyridine rings is 1. The van der Waals surface area contributed by atoms with Crippen molar-refractivity contribution in [3.05, 3.63) is 60.2 Å². The van der Waals surface area contributed by atoms with Gasteiger partial charge in [0.05, 0.1) is 31.7 Å². The van der Waals surface area contributed by atoms with Crippen molar-refractivity contribution in [2.75, 3.05) is 75.1 Å². The second-order valence-corrected chi connectivity index (χ2v) is 8.55. The summed E-state index contributed by atoms with van der Waals surface area (Å²) in [7, 11) is 1.90. The summed E-state index contributed by atoms with van der Waals surface area (Å²) in [6.07, 6.45) is 5.17. The number of aromatic nitrogens is 3. The summed E-state index contributed by atoms with van der Waals surface area (Å²) >= 11 is 0. The molecule has 1 fully saturated rings. The van der Waals surface area contributed by atoms with Crippen molar-refractivity contribution in [3.8, 4) is 11.3 Å². The van der Waals surface area contributed by atoms with Crippen LogP contribution in [-0.4, -0.2) is 85.4 Å². The van der Waals surface area contributed by atoms with Crippen LogP contribution in [0, 0.1) is 0 Å². The molecule has 2 aromatic heterocycles. The first-order valence-corrected chi connectivity index (χ1v) is 12.1. The third-order valence-corrected chi connectivity index (χ3v) is 6.18. The Kier molecular flexibility index (Phi) is 8.77. The zero-order valence-electron chi connectivity index (χ0n) is 20.6. The van der Waals surface area contributed by atoms with E-state index in [1.807, 2.05) is 37.4 Å². The molecule has 10 heteroatoms. The molecule has 0 amide bonds. The Morgan fingerprint density at radius 3 is 2.67 bits per heavy atom. The molecule has 0 bridgehead atoms. The van der Waals surface area contributed by atoms with Crippen LogP contribution in [0.5, 0.6) is 0 Å². The minimum Gasteiger partial charge on any atom is -0.395 e. The number of likely N-dealkylation sites (N-methyl/N-ethyl adjacent to an activating group) is 1. The lowest BCUT2D eigenvalue weighted by atomic mass is 10.1. The highest BCUT2D eigenvalue weighted by atomic mass is 16.5. The molecule has 0 unspecified atom stereocenters. The standard InChI is InChI=1S/C26H33N7O3/c1-28-8-9-32(10-13-34)21-4-2-19(3-5-21)22-18-30-26(27)25(31-22)24(35)16-20-17-29-7-6-23(20)33-11-14-36-15-12-33/h2-7,17-18,28,34H,8-16H2,1H3,(H2,27,30). The van der Waals surface area contributed by atoms with E-state index in [0.29, 0.717) is 25.5 Å². The highest BCUT2D eigenvalue weighted by molar-refractivity contribution is 6.00. The number of anilines is 3. The van der Waals surface area contributed by atoms with Gasteiger partial charge in [-0.05, 0) is 25.2 Å². The van der Waals surface area contributed by atoms with Gasteiger partial charge in [-0.1, -0.05) is 12.1 Å². The number of carbonyl (C=O) groups is 1. The molecule has 3 aromatic rings. The van der Waals surface area contributed by atoms with Crippen LogP contribution in [0.2, 0.25) is 0 Å². The van der Waals surface area contributed by atoms with Gasteiger partial charge in [0.15, 0.2) is 11.6 Å². The SMILES string of the molecule is CNCCN(CCO)c1ccc(-c2cnc(N)c(C(=O)Cc3cnccc3N3CCOCC3)n2)cc1. The number of aliphatic hydroxyl groups excluding tert-OH is 1. The van der Waals surface area contributed by atoms with Gasteiger partial charge in [-0.15, -0.1) is 0 Å². The van der Waals surface area contributed by atoms with E-state index >= 15 is 0 Å². The van der Waals surface area contributed by atoms with Crippen molar-refractivity contribution in [1.82, 2.24) is 20.3 Å². The monoisotopic (exact) mass is 491 g/mol. The number of benzene rings is 1. The number of hydrogen-bond donors (Lipinski definition) is 3. The minimum atomic E-state index is -0.206. The van der Waals surface area contributed by atoms with E-state index in [0.717, 1.165) is 48.7 Å². The summed E-state index contributed by atoms with van der Waals surface area (Å²) in [4.78, 5) is 30.7. The lowest BCUT2D eigenvalue weighted by Crippen LogP contribution is -2.37. The molecule has 0 spiro atoms. The molecular formula is C26H33N7O3. The second kappa shape index (κ2) is 12.4. The molecule has 36 heavy (non-hydrogen) atoms. The molecule has 0 saturated carbocycles. The molecule has 10 nitrogen and oxygen atoms in total. The third-order valence-electron chi connectivity index (χ3n) is 6.18. The van der Waals surface area contributed by atoms with E-state index in [-0.39, 0.29) is 30.3 Å². The van der Waals surface area contributed by atoms with Crippen LogP contribution in [0.4, 0.5) is 17.2 Å². The first-order valence-electron chi connectivity index (χ1n) is 12.1. The summed E-state index contributed by atoms with van der Waals surface area (Å²) in [6, 6.07) is 9.75. The Bertz CT molecular complexity index is 1150. The highest BCUT2D eigenvalue weighted by Gasteiger charge is 2.20. The number of hydrogen-bond acceptors (Lipinski definition) is 10. The number of nitrogens with one attached hydrogen (secondary N) is 1. The van der Waals surface area contributed by atoms with Gasteiger partial charge < -0.3 is 30.7 Å². The molecule has 190 valence electrons. The summed E-state index contributed by atoms with van der Waals surface area (Å²) in [5.41, 5.74) is 10.4. The number of Topliss-reactive ketones (excluding diaryl/α,β-unsaturated/α-hetero) is 1. The number of morpholine rings is 1. The molecule has 1 aliphatic heterocycles. The Labute approximate surface area is 211 Å². The maximum Gasteiger partial charge on any atom is 0.189 e. The van der Waals surface area contributed by atoms with Crippen molar-refractivity contribution < 1.29 is 14.6 Å². The van der Waals surface area contributed by atoms with E-state index in [1.165, 1.54) is 0 Å². The van der Waals surface area contributed by atoms with Crippen LogP contribution in [0.15, 0.2) is 48.9 Å². The van der Waals surface area contributed by atoms with E-state index < -0.39 is 0 Å². The molecular weight excluding hydrogens is 458 g/mol. The van der Waals surface area contributed by atoms with Crippen molar-refractivity contribution in [2.45, 2.75) is 6.42 Å². The van der Waals surface area contributed by atoms with Crippen LogP contribution in [0.25, 0.3) is 11.3 Å². The van der Waals surface area contributed by atoms with Gasteiger partial charge >= 0.3 is 0 Å². The van der Waals surface area contributed by atoms with Crippen molar-refractivity contribution in [2.24, 2.45) is 0 Å². The number of nitrogen functional groups attached to an aromatic ring is 1. The predicted octanol–water partition coefficient (Wildman–Crippen LogP) is 1.40. The van der Waals surface area contributed by atoms with Crippen molar-refractivity contribution >= 4 is 23.0 Å². The predicted molar refractivity (Wildman–Crippen MR) is 140 cm³/mol. The van der Waals surface area contributed by atoms with Gasteiger partial charge in [0, 0.05) is 74.0 Å². The Hall–Kier alpha value is -3.60. The molecule has 0 aliphatic carbocycles. The molecule has 0 atom stereocenters. The lowest BCUT2D eigenvalue weighted by Gasteiger charge is -2.30. The quantitative estimate of drug-likeness (QED) is 0.338. The van der Waals surface area contributed by atoms with Crippen molar-refractivity contribution in [3.63, 3.8) is 0 Å². The molecule has 1 aromatic carbocycles. The van der Waals surface area contributed by atoms with Crippen LogP contribution in [0.1, 0.15) is 16.1 Å². The minimum absolute atomic E-state index is 0.0740. The number of aliphatic hydroxyl groups is 1. The lowest BCUT2D eigenvalue weighted by molar-refractivity contribution is 0.0988. The number of ether oxygens (including phenoxy) is 1. The van der Waals surface area contributed by atoms with Gasteiger partial charge in [-0.2, -0.15) is 0 Å². The Morgan fingerprint density at radius 1 is 1.17 bits per heavy atom. The zero-order chi connectivity index (χ0) is 25.3. The average Bonchev–Trinajstić information content (AvgIpc) is 2.92. The molecule has 1 saturated heterocycles. The van der Waals surface area contributed by atoms with Gasteiger partial charge in [0.25, 0.3) is 0 Å². The van der Waals surface area contributed by atoms with Crippen LogP contribution in [-0.2, 0) is 11.2 Å². The maximum absolute atomic E-state index is 13.3. The molecule has 0 radical (unpaired) electrons. The smallest absolute Gasteiger partial charge is 0.189 e. The molecule has 4 N–H and O–H groups in total. The van der Waals surface area contributed by atoms with Gasteiger partial charge in [-0.25, -0.2) is 9.97 Å². The molecule has 1 aliphatic rings. The largest absolute Gasteiger partial charge is 0.395 e. The summed E-state index contributed by atoms with van der Waals surface area (Å²) in [5.74, 6) is -0.0967. The van der Waals surface area contributed by atoms with Crippen LogP contribution >= 0.6 is 0 Å². The van der Waals surface area contributed by atoms with Gasteiger partial charge in [-0.3, -0.25) is 9.78 Å². The third kappa shape index (κ3) is 6.14. The topological polar surface area (TPSA) is 130 Å². The summed E-state index contributed by atoms with van der Waals surface area (Å²) in [5, 5.41) is 12.5. The van der Waals surface area contributed by atoms with Gasteiger partial charge in [0.1, 0.15) is 5.69 Å². The highest BCUT2D eigenvalue weighted by Crippen LogP contribution is 2.25. The van der Waals surface area contributed by atoms with E-state index in [4.69, 9.17) is 10.5 Å². The van der Waals surface area contributed by atoms with Crippen LogP contribution < -0.4 is 20.9 Å². The Balaban J connectivity index is 1.53. The zero-order valence-corrected chi connectivity index (χ0v) is 20.6. The van der Waals surface area contributed by atoms with E-state index in [1.54, 1.807) is 18.6 Å².